The molecule has 1 aliphatic rings. The summed E-state index contributed by atoms with van der Waals surface area (Å²) in [7, 11) is 0. The van der Waals surface area contributed by atoms with Crippen molar-refractivity contribution in [3.8, 4) is 0 Å². The number of hydrogen-bond donors (Lipinski definition) is 2. The van der Waals surface area contributed by atoms with Gasteiger partial charge in [0.1, 0.15) is 0 Å². The van der Waals surface area contributed by atoms with Gasteiger partial charge in [0.15, 0.2) is 0 Å². The fraction of sp³-hybridized carbons (Fsp3) is 0.833. The SMILES string of the molecule is CCCCC(CC1=CCCCC1)NN. The summed E-state index contributed by atoms with van der Waals surface area (Å²) >= 11 is 0. The highest BCUT2D eigenvalue weighted by atomic mass is 15.2. The summed E-state index contributed by atoms with van der Waals surface area (Å²) in [6.07, 6.45) is 12.7. The van der Waals surface area contributed by atoms with Crippen molar-refractivity contribution in [2.24, 2.45) is 5.84 Å². The lowest BCUT2D eigenvalue weighted by molar-refractivity contribution is 0.462. The van der Waals surface area contributed by atoms with Gasteiger partial charge in [-0.25, -0.2) is 0 Å². The summed E-state index contributed by atoms with van der Waals surface area (Å²) < 4.78 is 0. The van der Waals surface area contributed by atoms with Crippen LogP contribution in [-0.4, -0.2) is 6.04 Å². The van der Waals surface area contributed by atoms with E-state index in [-0.39, 0.29) is 0 Å². The lowest BCUT2D eigenvalue weighted by Gasteiger charge is -2.19. The number of unbranched alkanes of at least 4 members (excludes halogenated alkanes) is 1. The topological polar surface area (TPSA) is 38.0 Å². The molecule has 1 rings (SSSR count). The van der Waals surface area contributed by atoms with Crippen molar-refractivity contribution < 1.29 is 0 Å². The lowest BCUT2D eigenvalue weighted by Crippen LogP contribution is -2.35. The summed E-state index contributed by atoms with van der Waals surface area (Å²) in [6.45, 7) is 2.23. The number of hydrogen-bond acceptors (Lipinski definition) is 2. The summed E-state index contributed by atoms with van der Waals surface area (Å²) in [4.78, 5) is 0. The van der Waals surface area contributed by atoms with Crippen LogP contribution in [0.1, 0.15) is 58.3 Å². The van der Waals surface area contributed by atoms with Gasteiger partial charge < -0.3 is 0 Å². The van der Waals surface area contributed by atoms with Crippen LogP contribution < -0.4 is 11.3 Å². The van der Waals surface area contributed by atoms with Gasteiger partial charge in [-0.2, -0.15) is 0 Å². The van der Waals surface area contributed by atoms with Crippen molar-refractivity contribution >= 4 is 0 Å². The molecule has 0 aromatic rings. The summed E-state index contributed by atoms with van der Waals surface area (Å²) in [5.74, 6) is 5.55. The van der Waals surface area contributed by atoms with Crippen LogP contribution in [0.5, 0.6) is 0 Å². The van der Waals surface area contributed by atoms with E-state index in [2.05, 4.69) is 18.4 Å². The van der Waals surface area contributed by atoms with E-state index in [1.807, 2.05) is 0 Å². The Morgan fingerprint density at radius 1 is 1.50 bits per heavy atom. The minimum atomic E-state index is 0.499. The maximum atomic E-state index is 5.55. The molecule has 0 saturated carbocycles. The first-order chi connectivity index (χ1) is 6.86. The molecule has 0 amide bonds. The molecule has 14 heavy (non-hydrogen) atoms. The molecule has 2 heteroatoms. The molecule has 82 valence electrons. The Morgan fingerprint density at radius 3 is 2.93 bits per heavy atom. The van der Waals surface area contributed by atoms with Gasteiger partial charge in [0.2, 0.25) is 0 Å². The van der Waals surface area contributed by atoms with E-state index < -0.39 is 0 Å². The number of nitrogens with two attached hydrogens (primary N) is 1. The third kappa shape index (κ3) is 4.25. The maximum absolute atomic E-state index is 5.55. The number of hydrazine groups is 1. The van der Waals surface area contributed by atoms with E-state index in [1.54, 1.807) is 5.57 Å². The molecule has 0 aromatic heterocycles. The quantitative estimate of drug-likeness (QED) is 0.389. The van der Waals surface area contributed by atoms with Crippen LogP contribution in [0.25, 0.3) is 0 Å². The van der Waals surface area contributed by atoms with E-state index in [4.69, 9.17) is 5.84 Å². The van der Waals surface area contributed by atoms with Gasteiger partial charge in [-0.05, 0) is 38.5 Å². The largest absolute Gasteiger partial charge is 0.271 e. The smallest absolute Gasteiger partial charge is 0.0247 e. The number of rotatable bonds is 6. The Hall–Kier alpha value is -0.340. The van der Waals surface area contributed by atoms with Gasteiger partial charge in [-0.3, -0.25) is 11.3 Å². The van der Waals surface area contributed by atoms with Crippen LogP contribution in [-0.2, 0) is 0 Å². The van der Waals surface area contributed by atoms with Gasteiger partial charge in [-0.1, -0.05) is 31.4 Å². The Labute approximate surface area is 87.9 Å². The molecule has 1 unspecified atom stereocenters. The Bertz CT molecular complexity index is 175. The highest BCUT2D eigenvalue weighted by Gasteiger charge is 2.10. The molecular formula is C12H24N2. The van der Waals surface area contributed by atoms with Crippen LogP contribution in [0.4, 0.5) is 0 Å². The minimum absolute atomic E-state index is 0.499. The van der Waals surface area contributed by atoms with E-state index >= 15 is 0 Å². The molecule has 0 bridgehead atoms. The average Bonchev–Trinajstić information content (AvgIpc) is 2.25. The molecular weight excluding hydrogens is 172 g/mol. The molecule has 0 aliphatic heterocycles. The van der Waals surface area contributed by atoms with Crippen LogP contribution in [0, 0.1) is 0 Å². The Balaban J connectivity index is 2.27. The highest BCUT2D eigenvalue weighted by molar-refractivity contribution is 5.06. The third-order valence-corrected chi connectivity index (χ3v) is 3.04. The summed E-state index contributed by atoms with van der Waals surface area (Å²) in [6, 6.07) is 0.499. The second-order valence-electron chi connectivity index (χ2n) is 4.32. The zero-order chi connectivity index (χ0) is 10.2. The predicted octanol–water partition coefficient (Wildman–Crippen LogP) is 2.90. The second-order valence-corrected chi connectivity index (χ2v) is 4.32. The van der Waals surface area contributed by atoms with E-state index in [9.17, 15) is 0 Å². The Kier molecular flexibility index (Phi) is 5.88. The minimum Gasteiger partial charge on any atom is -0.271 e. The first kappa shape index (κ1) is 11.7. The zero-order valence-corrected chi connectivity index (χ0v) is 9.39. The van der Waals surface area contributed by atoms with E-state index in [1.165, 1.54) is 44.9 Å². The standard InChI is InChI=1S/C12H24N2/c1-2-3-9-12(14-13)10-11-7-5-4-6-8-11/h7,12,14H,2-6,8-10,13H2,1H3. The molecule has 3 N–H and O–H groups in total. The van der Waals surface area contributed by atoms with Crippen LogP contribution >= 0.6 is 0 Å². The summed E-state index contributed by atoms with van der Waals surface area (Å²) in [5.41, 5.74) is 4.56. The van der Waals surface area contributed by atoms with E-state index in [0.29, 0.717) is 6.04 Å². The molecule has 0 saturated heterocycles. The number of nitrogens with one attached hydrogen (secondary N) is 1. The first-order valence-electron chi connectivity index (χ1n) is 6.00. The van der Waals surface area contributed by atoms with Gasteiger partial charge >= 0.3 is 0 Å². The van der Waals surface area contributed by atoms with Crippen molar-refractivity contribution in [1.82, 2.24) is 5.43 Å². The molecule has 2 nitrogen and oxygen atoms in total. The molecule has 1 aliphatic carbocycles. The van der Waals surface area contributed by atoms with Crippen molar-refractivity contribution in [2.75, 3.05) is 0 Å². The second kappa shape index (κ2) is 7.02. The molecule has 0 heterocycles. The van der Waals surface area contributed by atoms with Crippen molar-refractivity contribution in [3.63, 3.8) is 0 Å². The van der Waals surface area contributed by atoms with Gasteiger partial charge in [0.25, 0.3) is 0 Å². The molecule has 1 atom stereocenters. The van der Waals surface area contributed by atoms with Crippen molar-refractivity contribution in [3.05, 3.63) is 11.6 Å². The van der Waals surface area contributed by atoms with Crippen LogP contribution in [0.2, 0.25) is 0 Å². The monoisotopic (exact) mass is 196 g/mol. The third-order valence-electron chi connectivity index (χ3n) is 3.04. The fourth-order valence-corrected chi connectivity index (χ4v) is 2.10. The maximum Gasteiger partial charge on any atom is 0.0247 e. The molecule has 0 aromatic carbocycles. The molecule has 0 fully saturated rings. The fourth-order valence-electron chi connectivity index (χ4n) is 2.10. The normalized spacial score (nSPS) is 19.1. The average molecular weight is 196 g/mol. The number of allylic oxidation sites excluding steroid dienone is 1. The van der Waals surface area contributed by atoms with Crippen LogP contribution in [0.15, 0.2) is 11.6 Å². The van der Waals surface area contributed by atoms with Gasteiger partial charge in [0, 0.05) is 6.04 Å². The highest BCUT2D eigenvalue weighted by Crippen LogP contribution is 2.22. The predicted molar refractivity (Wildman–Crippen MR) is 61.8 cm³/mol. The summed E-state index contributed by atoms with van der Waals surface area (Å²) in [5, 5.41) is 0. The lowest BCUT2D eigenvalue weighted by atomic mass is 9.93. The van der Waals surface area contributed by atoms with Crippen LogP contribution in [0.3, 0.4) is 0 Å². The first-order valence-corrected chi connectivity index (χ1v) is 6.00. The van der Waals surface area contributed by atoms with Gasteiger partial charge in [0.05, 0.1) is 0 Å². The molecule has 0 radical (unpaired) electrons. The Morgan fingerprint density at radius 2 is 2.36 bits per heavy atom. The van der Waals surface area contributed by atoms with E-state index in [0.717, 1.165) is 6.42 Å². The zero-order valence-electron chi connectivity index (χ0n) is 9.39. The van der Waals surface area contributed by atoms with Crippen molar-refractivity contribution in [2.45, 2.75) is 64.3 Å². The van der Waals surface area contributed by atoms with Crippen molar-refractivity contribution in [1.29, 1.82) is 0 Å². The molecule has 0 spiro atoms. The van der Waals surface area contributed by atoms with Gasteiger partial charge in [-0.15, -0.1) is 0 Å².